The molecule has 122 valence electrons. The first kappa shape index (κ1) is 15.0. The van der Waals surface area contributed by atoms with Gasteiger partial charge in [0.15, 0.2) is 0 Å². The van der Waals surface area contributed by atoms with Crippen LogP contribution in [0.4, 0.5) is 16.2 Å². The molecule has 1 fully saturated rings. The van der Waals surface area contributed by atoms with E-state index in [2.05, 4.69) is 33.8 Å². The quantitative estimate of drug-likeness (QED) is 0.511. The van der Waals surface area contributed by atoms with Crippen molar-refractivity contribution in [3.05, 3.63) is 23.8 Å². The third-order valence-corrected chi connectivity index (χ3v) is 6.03. The molecule has 0 radical (unpaired) electrons. The van der Waals surface area contributed by atoms with E-state index in [0.717, 1.165) is 12.1 Å². The molecule has 0 aliphatic carbocycles. The van der Waals surface area contributed by atoms with Crippen LogP contribution in [-0.2, 0) is 9.53 Å². The number of fused-ring (bicyclic) bond motifs is 3. The summed E-state index contributed by atoms with van der Waals surface area (Å²) in [6, 6.07) is 6.43. The van der Waals surface area contributed by atoms with Crippen molar-refractivity contribution in [2.24, 2.45) is 0 Å². The van der Waals surface area contributed by atoms with Gasteiger partial charge >= 0.3 is 6.09 Å². The first-order valence-corrected chi connectivity index (χ1v) is 8.88. The van der Waals surface area contributed by atoms with Crippen LogP contribution in [0.15, 0.2) is 18.2 Å². The summed E-state index contributed by atoms with van der Waals surface area (Å²) in [6.07, 6.45) is 0.634. The van der Waals surface area contributed by atoms with Crippen molar-refractivity contribution in [3.63, 3.8) is 0 Å². The number of para-hydroxylation sites is 1. The molecule has 1 saturated heterocycles. The second kappa shape index (κ2) is 5.54. The fourth-order valence-electron chi connectivity index (χ4n) is 4.02. The number of carbonyl (C=O) groups excluding carboxylic acids is 2. The highest BCUT2D eigenvalue weighted by Gasteiger charge is 2.47. The Morgan fingerprint density at radius 2 is 2.26 bits per heavy atom. The van der Waals surface area contributed by atoms with Crippen LogP contribution in [0.2, 0.25) is 0 Å². The summed E-state index contributed by atoms with van der Waals surface area (Å²) in [6.45, 7) is 3.99. The molecule has 4 rings (SSSR count). The number of amides is 2. The van der Waals surface area contributed by atoms with E-state index < -0.39 is 0 Å². The van der Waals surface area contributed by atoms with Gasteiger partial charge in [0, 0.05) is 25.0 Å². The van der Waals surface area contributed by atoms with Crippen LogP contribution >= 0.6 is 22.9 Å². The first-order valence-electron chi connectivity index (χ1n) is 7.91. The Hall–Kier alpha value is -1.51. The summed E-state index contributed by atoms with van der Waals surface area (Å²) < 4.78 is 6.87. The van der Waals surface area contributed by atoms with E-state index in [4.69, 9.17) is 4.74 Å². The third kappa shape index (κ3) is 2.20. The van der Waals surface area contributed by atoms with Gasteiger partial charge in [0.25, 0.3) is 5.91 Å². The van der Waals surface area contributed by atoms with Crippen molar-refractivity contribution in [2.75, 3.05) is 34.3 Å². The van der Waals surface area contributed by atoms with E-state index >= 15 is 0 Å². The molecule has 3 aliphatic rings. The topological polar surface area (TPSA) is 53.1 Å². The van der Waals surface area contributed by atoms with Gasteiger partial charge in [-0.05, 0) is 25.0 Å². The average molecular weight is 427 g/mol. The molecule has 6 nitrogen and oxygen atoms in total. The Labute approximate surface area is 148 Å². The second-order valence-corrected chi connectivity index (χ2v) is 7.09. The molecule has 0 aromatic heterocycles. The highest BCUT2D eigenvalue weighted by molar-refractivity contribution is 14.1. The van der Waals surface area contributed by atoms with E-state index in [0.29, 0.717) is 32.3 Å². The summed E-state index contributed by atoms with van der Waals surface area (Å²) in [7, 11) is 0. The molecular formula is C16H18IN3O3. The molecule has 3 aliphatic heterocycles. The Bertz CT molecular complexity index is 681. The number of nitrogens with zero attached hydrogens (tertiary/aromatic N) is 3. The molecular weight excluding hydrogens is 409 g/mol. The Morgan fingerprint density at radius 1 is 1.43 bits per heavy atom. The molecule has 0 N–H and O–H groups in total. The number of ether oxygens (including phenoxy) is 1. The van der Waals surface area contributed by atoms with Gasteiger partial charge < -0.3 is 14.5 Å². The molecule has 7 heteroatoms. The molecule has 3 heterocycles. The van der Waals surface area contributed by atoms with Crippen LogP contribution in [0.25, 0.3) is 0 Å². The molecule has 2 atom stereocenters. The van der Waals surface area contributed by atoms with Crippen LogP contribution in [0.1, 0.15) is 24.8 Å². The Morgan fingerprint density at radius 3 is 3.04 bits per heavy atom. The third-order valence-electron chi connectivity index (χ3n) is 4.97. The van der Waals surface area contributed by atoms with Crippen molar-refractivity contribution in [1.82, 2.24) is 4.90 Å². The minimum absolute atomic E-state index is 0.115. The molecule has 1 aromatic rings. The SMILES string of the molecule is CCOC(=O)N1CC[C@H]2[C@@H](C1)c1cccc3c1N2CC(=O)N3I. The molecule has 2 amide bonds. The summed E-state index contributed by atoms with van der Waals surface area (Å²) in [5.74, 6) is 0.363. The predicted octanol–water partition coefficient (Wildman–Crippen LogP) is 2.52. The van der Waals surface area contributed by atoms with Crippen molar-refractivity contribution < 1.29 is 14.3 Å². The molecule has 0 unspecified atom stereocenters. The average Bonchev–Trinajstić information content (AvgIpc) is 2.87. The number of halogens is 1. The number of carbonyl (C=O) groups is 2. The van der Waals surface area contributed by atoms with Crippen molar-refractivity contribution in [2.45, 2.75) is 25.3 Å². The maximum absolute atomic E-state index is 12.3. The number of anilines is 2. The van der Waals surface area contributed by atoms with Gasteiger partial charge in [0.2, 0.25) is 0 Å². The van der Waals surface area contributed by atoms with Gasteiger partial charge in [-0.15, -0.1) is 0 Å². The van der Waals surface area contributed by atoms with Crippen LogP contribution < -0.4 is 8.01 Å². The van der Waals surface area contributed by atoms with Gasteiger partial charge in [0.05, 0.1) is 47.4 Å². The molecule has 23 heavy (non-hydrogen) atoms. The number of likely N-dealkylation sites (tertiary alicyclic amines) is 1. The number of benzene rings is 1. The standard InChI is InChI=1S/C16H18IN3O3/c1-2-23-16(22)18-7-6-12-11(8-18)10-4-3-5-13-15(10)19(12)9-14(21)20(13)17/h3-5,11-12H,2,6-9H2,1H3/t11-,12-/m0/s1. The summed E-state index contributed by atoms with van der Waals surface area (Å²) >= 11 is 2.08. The minimum atomic E-state index is -0.233. The Balaban J connectivity index is 1.69. The van der Waals surface area contributed by atoms with Crippen molar-refractivity contribution in [3.8, 4) is 0 Å². The lowest BCUT2D eigenvalue weighted by Gasteiger charge is -2.40. The fraction of sp³-hybridized carbons (Fsp3) is 0.500. The molecule has 0 bridgehead atoms. The monoisotopic (exact) mass is 427 g/mol. The van der Waals surface area contributed by atoms with E-state index in [1.54, 1.807) is 8.01 Å². The normalized spacial score (nSPS) is 25.3. The van der Waals surface area contributed by atoms with E-state index in [-0.39, 0.29) is 17.9 Å². The van der Waals surface area contributed by atoms with Crippen LogP contribution in [0, 0.1) is 0 Å². The van der Waals surface area contributed by atoms with Crippen LogP contribution in [0.5, 0.6) is 0 Å². The lowest BCUT2D eigenvalue weighted by atomic mass is 9.89. The van der Waals surface area contributed by atoms with Gasteiger partial charge in [-0.1, -0.05) is 12.1 Å². The van der Waals surface area contributed by atoms with Gasteiger partial charge in [-0.3, -0.25) is 4.79 Å². The lowest BCUT2D eigenvalue weighted by Crippen LogP contribution is -2.51. The number of hydrogen-bond donors (Lipinski definition) is 0. The number of rotatable bonds is 1. The van der Waals surface area contributed by atoms with Crippen molar-refractivity contribution in [1.29, 1.82) is 0 Å². The number of piperidine rings is 1. The van der Waals surface area contributed by atoms with E-state index in [9.17, 15) is 9.59 Å². The zero-order valence-electron chi connectivity index (χ0n) is 12.9. The van der Waals surface area contributed by atoms with Crippen molar-refractivity contribution >= 4 is 46.2 Å². The molecule has 0 spiro atoms. The Kier molecular flexibility index (Phi) is 3.62. The van der Waals surface area contributed by atoms with E-state index in [1.165, 1.54) is 11.3 Å². The van der Waals surface area contributed by atoms with Crippen LogP contribution in [0.3, 0.4) is 0 Å². The maximum Gasteiger partial charge on any atom is 0.409 e. The predicted molar refractivity (Wildman–Crippen MR) is 95.0 cm³/mol. The molecule has 1 aromatic carbocycles. The zero-order valence-corrected chi connectivity index (χ0v) is 15.0. The first-order chi connectivity index (χ1) is 11.1. The molecule has 0 saturated carbocycles. The van der Waals surface area contributed by atoms with Gasteiger partial charge in [0.1, 0.15) is 0 Å². The number of hydrogen-bond acceptors (Lipinski definition) is 4. The second-order valence-electron chi connectivity index (χ2n) is 6.12. The van der Waals surface area contributed by atoms with Crippen LogP contribution in [-0.4, -0.2) is 49.2 Å². The highest BCUT2D eigenvalue weighted by atomic mass is 127. The lowest BCUT2D eigenvalue weighted by molar-refractivity contribution is -0.116. The van der Waals surface area contributed by atoms with Gasteiger partial charge in [-0.25, -0.2) is 7.91 Å². The summed E-state index contributed by atoms with van der Waals surface area (Å²) in [4.78, 5) is 28.4. The largest absolute Gasteiger partial charge is 0.450 e. The maximum atomic E-state index is 12.3. The zero-order chi connectivity index (χ0) is 16.1. The summed E-state index contributed by atoms with van der Waals surface area (Å²) in [5.41, 5.74) is 3.38. The smallest absolute Gasteiger partial charge is 0.409 e. The summed E-state index contributed by atoms with van der Waals surface area (Å²) in [5, 5.41) is 0. The highest BCUT2D eigenvalue weighted by Crippen LogP contribution is 2.51. The van der Waals surface area contributed by atoms with E-state index in [1.807, 2.05) is 19.1 Å². The fourth-order valence-corrected chi connectivity index (χ4v) is 4.56. The minimum Gasteiger partial charge on any atom is -0.450 e. The van der Waals surface area contributed by atoms with Gasteiger partial charge in [-0.2, -0.15) is 0 Å².